The number of rotatable bonds is 0. The maximum Gasteiger partial charge on any atom is 1.00 e. The van der Waals surface area contributed by atoms with Gasteiger partial charge in [-0.15, -0.1) is 10.1 Å². The van der Waals surface area contributed by atoms with E-state index in [2.05, 4.69) is 5.73 Å². The molecule has 42 valence electrons. The summed E-state index contributed by atoms with van der Waals surface area (Å²) in [6, 6.07) is 0. The molecule has 0 radical (unpaired) electrons. The second-order valence-electron chi connectivity index (χ2n) is 0.367. The summed E-state index contributed by atoms with van der Waals surface area (Å²) in [7, 11) is 0. The molecule has 0 saturated carbocycles. The molecule has 0 amide bonds. The number of hydrogen-bond acceptors (Lipinski definition) is 4. The summed E-state index contributed by atoms with van der Waals surface area (Å²) in [6.45, 7) is 0. The van der Waals surface area contributed by atoms with Crippen molar-refractivity contribution in [1.82, 2.24) is 0 Å². The van der Waals surface area contributed by atoms with Crippen molar-refractivity contribution >= 4 is 0 Å². The van der Waals surface area contributed by atoms with Gasteiger partial charge in [0.25, 0.3) is 5.09 Å². The SMILES string of the molecule is N#CN.O=[N+]([O-])O.[H-].[Na+]. The molecule has 0 heterocycles. The van der Waals surface area contributed by atoms with Crippen LogP contribution in [0.5, 0.6) is 0 Å². The van der Waals surface area contributed by atoms with Gasteiger partial charge in [-0.2, -0.15) is 5.26 Å². The molecule has 0 aliphatic rings. The number of nitrogens with two attached hydrogens (primary N) is 1. The van der Waals surface area contributed by atoms with Gasteiger partial charge in [0.2, 0.25) is 0 Å². The fraction of sp³-hybridized carbons (Fsp3) is 0. The first kappa shape index (κ1) is 15.6. The van der Waals surface area contributed by atoms with Crippen LogP contribution in [0.15, 0.2) is 0 Å². The van der Waals surface area contributed by atoms with Crippen LogP contribution in [0.25, 0.3) is 0 Å². The second kappa shape index (κ2) is 16.1. The molecule has 0 aromatic rings. The monoisotopic (exact) mass is 129 g/mol. The van der Waals surface area contributed by atoms with Crippen molar-refractivity contribution in [3.05, 3.63) is 10.1 Å². The molecule has 8 heavy (non-hydrogen) atoms. The fourth-order valence-corrected chi connectivity index (χ4v) is 0. The zero-order chi connectivity index (χ0) is 6.28. The van der Waals surface area contributed by atoms with Gasteiger partial charge in [0.1, 0.15) is 0 Å². The van der Waals surface area contributed by atoms with Crippen molar-refractivity contribution in [2.75, 3.05) is 0 Å². The minimum absolute atomic E-state index is 0. The van der Waals surface area contributed by atoms with Crippen LogP contribution >= 0.6 is 0 Å². The van der Waals surface area contributed by atoms with Crippen molar-refractivity contribution in [3.8, 4) is 6.19 Å². The van der Waals surface area contributed by atoms with Gasteiger partial charge in [-0.1, -0.05) is 0 Å². The standard InChI is InChI=1S/CH2N2.HNO3.Na.H/c2-1-3;2-1(3)4;;/h2H2;(H,2,3,4);;/q;;+1;-1. The Morgan fingerprint density at radius 2 is 2.00 bits per heavy atom. The summed E-state index contributed by atoms with van der Waals surface area (Å²) in [6.07, 6.45) is 1.25. The molecule has 7 heteroatoms. The van der Waals surface area contributed by atoms with E-state index in [-0.39, 0.29) is 31.0 Å². The summed E-state index contributed by atoms with van der Waals surface area (Å²) in [5.41, 5.74) is 4.15. The summed E-state index contributed by atoms with van der Waals surface area (Å²) in [5.74, 6) is 0. The predicted octanol–water partition coefficient (Wildman–Crippen LogP) is -3.81. The van der Waals surface area contributed by atoms with E-state index in [0.717, 1.165) is 0 Å². The topological polar surface area (TPSA) is 113 Å². The Morgan fingerprint density at radius 3 is 2.00 bits per heavy atom. The molecule has 0 bridgehead atoms. The van der Waals surface area contributed by atoms with Crippen LogP contribution in [0.3, 0.4) is 0 Å². The van der Waals surface area contributed by atoms with Crippen molar-refractivity contribution in [2.45, 2.75) is 0 Å². The third-order valence-electron chi connectivity index (χ3n) is 0. The van der Waals surface area contributed by atoms with E-state index < -0.39 is 5.09 Å². The molecular formula is CH4N3NaO3. The van der Waals surface area contributed by atoms with Crippen LogP contribution in [-0.4, -0.2) is 10.3 Å². The van der Waals surface area contributed by atoms with E-state index in [4.69, 9.17) is 20.6 Å². The first-order valence-corrected chi connectivity index (χ1v) is 1.08. The van der Waals surface area contributed by atoms with Gasteiger partial charge in [-0.3, -0.25) is 0 Å². The van der Waals surface area contributed by atoms with Crippen molar-refractivity contribution in [1.29, 1.82) is 5.26 Å². The molecule has 0 fully saturated rings. The van der Waals surface area contributed by atoms with Crippen LogP contribution in [0.2, 0.25) is 0 Å². The molecular weight excluding hydrogens is 125 g/mol. The molecule has 0 rings (SSSR count). The summed E-state index contributed by atoms with van der Waals surface area (Å²) < 4.78 is 0. The van der Waals surface area contributed by atoms with Gasteiger partial charge in [0.05, 0.1) is 0 Å². The Hall–Kier alpha value is -0.510. The van der Waals surface area contributed by atoms with E-state index in [0.29, 0.717) is 0 Å². The quantitative estimate of drug-likeness (QED) is 0.114. The van der Waals surface area contributed by atoms with Crippen LogP contribution in [0.1, 0.15) is 1.43 Å². The summed E-state index contributed by atoms with van der Waals surface area (Å²) in [4.78, 5) is 8.36. The van der Waals surface area contributed by atoms with Crippen molar-refractivity contribution < 1.29 is 41.3 Å². The normalized spacial score (nSPS) is 3.88. The fourth-order valence-electron chi connectivity index (χ4n) is 0. The minimum atomic E-state index is -1.50. The zero-order valence-electron chi connectivity index (χ0n) is 5.24. The van der Waals surface area contributed by atoms with E-state index in [9.17, 15) is 0 Å². The van der Waals surface area contributed by atoms with E-state index >= 15 is 0 Å². The Morgan fingerprint density at radius 1 is 2.00 bits per heavy atom. The maximum atomic E-state index is 8.36. The second-order valence-corrected chi connectivity index (χ2v) is 0.367. The smallest absolute Gasteiger partial charge is 1.00 e. The largest absolute Gasteiger partial charge is 1.00 e. The first-order valence-electron chi connectivity index (χ1n) is 1.08. The molecule has 0 atom stereocenters. The van der Waals surface area contributed by atoms with Crippen molar-refractivity contribution in [2.24, 2.45) is 5.73 Å². The molecule has 3 N–H and O–H groups in total. The maximum absolute atomic E-state index is 8.36. The number of nitriles is 1. The summed E-state index contributed by atoms with van der Waals surface area (Å²) >= 11 is 0. The van der Waals surface area contributed by atoms with Gasteiger partial charge in [0, 0.05) is 0 Å². The minimum Gasteiger partial charge on any atom is -1.00 e. The average molecular weight is 129 g/mol. The molecule has 0 saturated heterocycles. The Balaban J connectivity index is -0.0000000233. The number of hydrogen-bond donors (Lipinski definition) is 2. The van der Waals surface area contributed by atoms with Crippen molar-refractivity contribution in [3.63, 3.8) is 0 Å². The van der Waals surface area contributed by atoms with E-state index in [1.54, 1.807) is 0 Å². The number of nitrogens with zero attached hydrogens (tertiary/aromatic N) is 2. The van der Waals surface area contributed by atoms with Crippen LogP contribution in [0.4, 0.5) is 0 Å². The molecule has 0 aromatic heterocycles. The van der Waals surface area contributed by atoms with Gasteiger partial charge >= 0.3 is 29.6 Å². The molecule has 0 unspecified atom stereocenters. The molecule has 0 aromatic carbocycles. The van der Waals surface area contributed by atoms with Gasteiger partial charge in [-0.05, 0) is 0 Å². The summed E-state index contributed by atoms with van der Waals surface area (Å²) in [5, 5.41) is 20.7. The predicted molar refractivity (Wildman–Crippen MR) is 19.7 cm³/mol. The Kier molecular flexibility index (Phi) is 31.4. The average Bonchev–Trinajstić information content (AvgIpc) is 1.33. The van der Waals surface area contributed by atoms with Gasteiger partial charge in [0.15, 0.2) is 6.19 Å². The molecule has 6 nitrogen and oxygen atoms in total. The molecule has 0 spiro atoms. The first-order chi connectivity index (χ1) is 3.15. The Labute approximate surface area is 68.8 Å². The van der Waals surface area contributed by atoms with Crippen LogP contribution in [-0.2, 0) is 0 Å². The Bertz CT molecular complexity index is 87.5. The van der Waals surface area contributed by atoms with Gasteiger partial charge in [-0.25, -0.2) is 0 Å². The van der Waals surface area contributed by atoms with Gasteiger partial charge < -0.3 is 12.4 Å². The van der Waals surface area contributed by atoms with E-state index in [1.165, 1.54) is 6.19 Å². The third-order valence-corrected chi connectivity index (χ3v) is 0. The third kappa shape index (κ3) is 426. The molecule has 0 aliphatic carbocycles. The van der Waals surface area contributed by atoms with Crippen LogP contribution in [0, 0.1) is 21.6 Å². The van der Waals surface area contributed by atoms with E-state index in [1.807, 2.05) is 0 Å². The van der Waals surface area contributed by atoms with Crippen LogP contribution < -0.4 is 35.3 Å². The molecule has 0 aliphatic heterocycles. The zero-order valence-corrected chi connectivity index (χ0v) is 6.24.